The van der Waals surface area contributed by atoms with E-state index in [1.54, 1.807) is 6.55 Å². The van der Waals surface area contributed by atoms with Crippen LogP contribution in [-0.4, -0.2) is 12.7 Å². The second kappa shape index (κ2) is 4.40. The third-order valence-corrected chi connectivity index (χ3v) is 14.0. The van der Waals surface area contributed by atoms with Gasteiger partial charge in [0.2, 0.25) is 0 Å². The Morgan fingerprint density at radius 2 is 1.45 bits per heavy atom. The Kier molecular flexibility index (Phi) is 5.16. The van der Waals surface area contributed by atoms with E-state index >= 15 is 0 Å². The SMILES string of the molecule is CCC([Si](C)(Cl)Cl)[Si](Cl)(Cl)Cl. The van der Waals surface area contributed by atoms with Gasteiger partial charge in [-0.25, -0.2) is 0 Å². The molecule has 0 aromatic heterocycles. The Hall–Kier alpha value is 1.88. The van der Waals surface area contributed by atoms with Crippen LogP contribution >= 0.6 is 55.4 Å². The predicted molar refractivity (Wildman–Crippen MR) is 60.7 cm³/mol. The van der Waals surface area contributed by atoms with E-state index in [2.05, 4.69) is 0 Å². The highest BCUT2D eigenvalue weighted by Crippen LogP contribution is 2.45. The molecule has 0 aromatic rings. The normalized spacial score (nSPS) is 16.6. The van der Waals surface area contributed by atoms with Crippen LogP contribution < -0.4 is 0 Å². The smallest absolute Gasteiger partial charge is 0.146 e. The van der Waals surface area contributed by atoms with Gasteiger partial charge in [-0.05, 0) is 6.55 Å². The zero-order chi connectivity index (χ0) is 9.28. The molecule has 0 rings (SSSR count). The van der Waals surface area contributed by atoms with Crippen LogP contribution in [0.1, 0.15) is 13.3 Å². The monoisotopic (exact) mass is 288 g/mol. The zero-order valence-electron chi connectivity index (χ0n) is 6.17. The van der Waals surface area contributed by atoms with Gasteiger partial charge in [0.25, 0.3) is 6.69 Å². The fraction of sp³-hybridized carbons (Fsp3) is 1.00. The minimum Gasteiger partial charge on any atom is -0.146 e. The van der Waals surface area contributed by atoms with Crippen molar-refractivity contribution in [3.8, 4) is 0 Å². The molecule has 0 saturated carbocycles. The molecule has 0 aliphatic rings. The molecule has 0 amide bonds. The van der Waals surface area contributed by atoms with Gasteiger partial charge < -0.3 is 0 Å². The van der Waals surface area contributed by atoms with Crippen LogP contribution in [0.3, 0.4) is 0 Å². The summed E-state index contributed by atoms with van der Waals surface area (Å²) >= 11 is 29.4. The first-order chi connectivity index (χ1) is 4.69. The summed E-state index contributed by atoms with van der Waals surface area (Å²) in [6, 6.07) is -2.71. The second-order valence-corrected chi connectivity index (χ2v) is 19.8. The maximum atomic E-state index is 5.97. The standard InChI is InChI=1S/C4H9Cl5Si2/c1-3-4(10(2,5)6)11(7,8)9/h4H,3H2,1-2H3. The second-order valence-electron chi connectivity index (χ2n) is 2.46. The summed E-state index contributed by atoms with van der Waals surface area (Å²) in [5.74, 6) is 0. The van der Waals surface area contributed by atoms with E-state index in [1.165, 1.54) is 0 Å². The summed E-state index contributed by atoms with van der Waals surface area (Å²) in [6.45, 7) is 1.42. The highest BCUT2D eigenvalue weighted by atomic mass is 35.8. The average Bonchev–Trinajstić information content (AvgIpc) is 1.56. The highest BCUT2D eigenvalue weighted by molar-refractivity contribution is 7.70. The lowest BCUT2D eigenvalue weighted by atomic mass is 10.6. The molecule has 0 nitrogen and oxygen atoms in total. The first-order valence-electron chi connectivity index (χ1n) is 3.14. The Morgan fingerprint density at radius 3 is 1.45 bits per heavy atom. The topological polar surface area (TPSA) is 0 Å². The molecule has 68 valence electrons. The van der Waals surface area contributed by atoms with Crippen LogP contribution in [0.25, 0.3) is 0 Å². The van der Waals surface area contributed by atoms with Crippen molar-refractivity contribution in [3.05, 3.63) is 0 Å². The summed E-state index contributed by atoms with van der Waals surface area (Å²) in [4.78, 5) is 0. The lowest BCUT2D eigenvalue weighted by molar-refractivity contribution is 0.998. The van der Waals surface area contributed by atoms with Crippen molar-refractivity contribution in [2.45, 2.75) is 25.1 Å². The maximum Gasteiger partial charge on any atom is 0.344 e. The third kappa shape index (κ3) is 4.60. The van der Waals surface area contributed by atoms with Crippen LogP contribution in [0.2, 0.25) is 11.7 Å². The number of hydrogen-bond acceptors (Lipinski definition) is 0. The Balaban J connectivity index is 4.43. The first kappa shape index (κ1) is 12.9. The van der Waals surface area contributed by atoms with Crippen LogP contribution in [0.5, 0.6) is 0 Å². The van der Waals surface area contributed by atoms with Gasteiger partial charge in [0.15, 0.2) is 0 Å². The highest BCUT2D eigenvalue weighted by Gasteiger charge is 2.47. The van der Waals surface area contributed by atoms with Crippen molar-refractivity contribution in [1.29, 1.82) is 0 Å². The van der Waals surface area contributed by atoms with Crippen molar-refractivity contribution >= 4 is 68.1 Å². The maximum absolute atomic E-state index is 5.97. The molecule has 0 heterocycles. The first-order valence-corrected chi connectivity index (χ1v) is 12.9. The van der Waals surface area contributed by atoms with E-state index in [9.17, 15) is 0 Å². The molecular formula is C4H9Cl5Si2. The molecule has 0 aliphatic carbocycles. The van der Waals surface area contributed by atoms with E-state index in [-0.39, 0.29) is 5.16 Å². The summed E-state index contributed by atoms with van der Waals surface area (Å²) < 4.78 is 0. The summed E-state index contributed by atoms with van der Waals surface area (Å²) in [5, 5.41) is -0.0802. The molecule has 0 radical (unpaired) electrons. The van der Waals surface area contributed by atoms with E-state index in [0.29, 0.717) is 0 Å². The zero-order valence-corrected chi connectivity index (χ0v) is 12.0. The minimum atomic E-state index is -2.71. The predicted octanol–water partition coefficient (Wildman–Crippen LogP) is 4.51. The van der Waals surface area contributed by atoms with E-state index in [0.717, 1.165) is 6.42 Å². The molecule has 7 heteroatoms. The fourth-order valence-electron chi connectivity index (χ4n) is 0.877. The minimum absolute atomic E-state index is 0.0802. The van der Waals surface area contributed by atoms with Crippen molar-refractivity contribution in [2.75, 3.05) is 0 Å². The van der Waals surface area contributed by atoms with Gasteiger partial charge >= 0.3 is 6.00 Å². The average molecular weight is 291 g/mol. The molecule has 11 heavy (non-hydrogen) atoms. The lowest BCUT2D eigenvalue weighted by Crippen LogP contribution is -2.35. The van der Waals surface area contributed by atoms with Gasteiger partial charge in [-0.3, -0.25) is 0 Å². The quantitative estimate of drug-likeness (QED) is 0.530. The summed E-state index contributed by atoms with van der Waals surface area (Å²) in [7, 11) is 0. The number of halogens is 5. The molecule has 0 saturated heterocycles. The van der Waals surface area contributed by atoms with Crippen LogP contribution in [0.4, 0.5) is 0 Å². The molecule has 0 aliphatic heterocycles. The summed E-state index contributed by atoms with van der Waals surface area (Å²) in [5.41, 5.74) is 0. The summed E-state index contributed by atoms with van der Waals surface area (Å²) in [6.07, 6.45) is 0.748. The number of hydrogen-bond donors (Lipinski definition) is 0. The number of rotatable bonds is 3. The molecule has 1 atom stereocenters. The van der Waals surface area contributed by atoms with Gasteiger partial charge in [0.1, 0.15) is 0 Å². The molecule has 0 aromatic carbocycles. The van der Waals surface area contributed by atoms with Gasteiger partial charge in [0, 0.05) is 5.16 Å². The van der Waals surface area contributed by atoms with E-state index in [1.807, 2.05) is 6.92 Å². The molecule has 0 spiro atoms. The van der Waals surface area contributed by atoms with Gasteiger partial charge in [-0.15, -0.1) is 55.4 Å². The van der Waals surface area contributed by atoms with Gasteiger partial charge in [-0.1, -0.05) is 13.3 Å². The Morgan fingerprint density at radius 1 is 1.09 bits per heavy atom. The van der Waals surface area contributed by atoms with E-state index in [4.69, 9.17) is 55.4 Å². The Bertz CT molecular complexity index is 111. The molecular weight excluding hydrogens is 281 g/mol. The van der Waals surface area contributed by atoms with Gasteiger partial charge in [0.05, 0.1) is 0 Å². The van der Waals surface area contributed by atoms with E-state index < -0.39 is 12.7 Å². The fourth-order valence-corrected chi connectivity index (χ4v) is 18.5. The van der Waals surface area contributed by atoms with Crippen molar-refractivity contribution in [3.63, 3.8) is 0 Å². The van der Waals surface area contributed by atoms with Crippen LogP contribution in [-0.2, 0) is 0 Å². The molecule has 0 bridgehead atoms. The largest absolute Gasteiger partial charge is 0.344 e. The van der Waals surface area contributed by atoms with Crippen molar-refractivity contribution in [1.82, 2.24) is 0 Å². The van der Waals surface area contributed by atoms with Crippen LogP contribution in [0.15, 0.2) is 0 Å². The molecule has 0 fully saturated rings. The lowest BCUT2D eigenvalue weighted by Gasteiger charge is -2.26. The third-order valence-electron chi connectivity index (χ3n) is 1.42. The Labute approximate surface area is 92.6 Å². The van der Waals surface area contributed by atoms with Crippen molar-refractivity contribution in [2.24, 2.45) is 0 Å². The molecule has 1 unspecified atom stereocenters. The molecule has 0 N–H and O–H groups in total. The van der Waals surface area contributed by atoms with Crippen LogP contribution in [0, 0.1) is 0 Å². The van der Waals surface area contributed by atoms with Crippen molar-refractivity contribution < 1.29 is 0 Å². The van der Waals surface area contributed by atoms with Gasteiger partial charge in [-0.2, -0.15) is 0 Å².